The maximum absolute atomic E-state index is 13.7. The molecule has 3 fully saturated rings. The lowest BCUT2D eigenvalue weighted by Crippen LogP contribution is -2.73. The fourth-order valence-electron chi connectivity index (χ4n) is 6.30. The Hall–Kier alpha value is -2.45. The molecule has 1 saturated carbocycles. The van der Waals surface area contributed by atoms with Crippen molar-refractivity contribution in [1.29, 1.82) is 0 Å². The fraction of sp³-hybridized carbons (Fsp3) is 0.690. The summed E-state index contributed by atoms with van der Waals surface area (Å²) in [6.07, 6.45) is 7.79. The van der Waals surface area contributed by atoms with Gasteiger partial charge in [0.2, 0.25) is 11.8 Å². The van der Waals surface area contributed by atoms with Crippen molar-refractivity contribution < 1.29 is 19.5 Å². The Kier molecular flexibility index (Phi) is 8.59. The van der Waals surface area contributed by atoms with E-state index in [0.29, 0.717) is 44.2 Å². The maximum atomic E-state index is 13.7. The van der Waals surface area contributed by atoms with Crippen LogP contribution in [0.25, 0.3) is 0 Å². The van der Waals surface area contributed by atoms with Crippen molar-refractivity contribution >= 4 is 17.7 Å². The molecule has 3 amide bonds. The predicted molar refractivity (Wildman–Crippen MR) is 143 cm³/mol. The van der Waals surface area contributed by atoms with E-state index in [-0.39, 0.29) is 17.7 Å². The molecule has 0 aromatic heterocycles. The molecular weight excluding hydrogens is 468 g/mol. The van der Waals surface area contributed by atoms with E-state index >= 15 is 0 Å². The lowest BCUT2D eigenvalue weighted by Gasteiger charge is -2.52. The van der Waals surface area contributed by atoms with Gasteiger partial charge in [-0.2, -0.15) is 0 Å². The molecule has 0 radical (unpaired) electrons. The maximum Gasteiger partial charge on any atom is 0.253 e. The van der Waals surface area contributed by atoms with Crippen molar-refractivity contribution in [3.05, 3.63) is 35.4 Å². The molecule has 8 heteroatoms. The smallest absolute Gasteiger partial charge is 0.253 e. The number of piperazine rings is 1. The Morgan fingerprint density at radius 1 is 1.05 bits per heavy atom. The number of nitrogens with zero attached hydrogens (tertiary/aromatic N) is 3. The van der Waals surface area contributed by atoms with E-state index in [1.165, 1.54) is 0 Å². The SMILES string of the molecule is CCCCN1C(=O)[C@@H](CC2(O)CCCCC2)NC(=O)C12CCN(Cc1ccc(C(=O)N(C)C)cc1)CC2. The molecule has 204 valence electrons. The number of amides is 3. The van der Waals surface area contributed by atoms with Crippen molar-refractivity contribution in [3.8, 4) is 0 Å². The van der Waals surface area contributed by atoms with Gasteiger partial charge in [-0.15, -0.1) is 0 Å². The topological polar surface area (TPSA) is 93.2 Å². The predicted octanol–water partition coefficient (Wildman–Crippen LogP) is 2.94. The van der Waals surface area contributed by atoms with Crippen LogP contribution >= 0.6 is 0 Å². The van der Waals surface area contributed by atoms with Crippen molar-refractivity contribution in [3.63, 3.8) is 0 Å². The van der Waals surface area contributed by atoms with Gasteiger partial charge in [0.15, 0.2) is 0 Å². The Morgan fingerprint density at radius 3 is 2.30 bits per heavy atom. The molecule has 37 heavy (non-hydrogen) atoms. The Bertz CT molecular complexity index is 963. The number of unbranched alkanes of at least 4 members (excludes halogenated alkanes) is 1. The Balaban J connectivity index is 1.42. The largest absolute Gasteiger partial charge is 0.390 e. The highest BCUT2D eigenvalue weighted by Crippen LogP contribution is 2.37. The summed E-state index contributed by atoms with van der Waals surface area (Å²) >= 11 is 0. The van der Waals surface area contributed by atoms with Crippen molar-refractivity contribution in [1.82, 2.24) is 20.0 Å². The third kappa shape index (κ3) is 6.01. The van der Waals surface area contributed by atoms with Gasteiger partial charge in [0.05, 0.1) is 5.60 Å². The van der Waals surface area contributed by atoms with Gasteiger partial charge in [0.25, 0.3) is 5.91 Å². The number of hydrogen-bond acceptors (Lipinski definition) is 5. The van der Waals surface area contributed by atoms with Crippen LogP contribution in [-0.4, -0.2) is 88.4 Å². The van der Waals surface area contributed by atoms with Crippen molar-refractivity contribution in [2.45, 2.75) is 94.9 Å². The van der Waals surface area contributed by atoms with E-state index in [9.17, 15) is 19.5 Å². The number of nitrogens with one attached hydrogen (secondary N) is 1. The van der Waals surface area contributed by atoms with Gasteiger partial charge in [-0.25, -0.2) is 0 Å². The van der Waals surface area contributed by atoms with E-state index in [1.54, 1.807) is 19.0 Å². The lowest BCUT2D eigenvalue weighted by molar-refractivity contribution is -0.163. The second kappa shape index (κ2) is 11.5. The third-order valence-corrected chi connectivity index (χ3v) is 8.61. The molecule has 4 rings (SSSR count). The second-order valence-electron chi connectivity index (χ2n) is 11.6. The van der Waals surface area contributed by atoms with Crippen LogP contribution < -0.4 is 5.32 Å². The average molecular weight is 513 g/mol. The first-order chi connectivity index (χ1) is 17.7. The lowest BCUT2D eigenvalue weighted by atomic mass is 9.77. The molecule has 1 atom stereocenters. The standard InChI is InChI=1S/C29H44N4O4/c1-4-5-17-33-26(35)24(20-28(37)13-7-6-8-14-28)30-27(36)29(33)15-18-32(19-16-29)21-22-9-11-23(12-10-22)25(34)31(2)3/h9-12,24,37H,4-8,13-21H2,1-3H3,(H,30,36)/t24-/m1/s1. The Morgan fingerprint density at radius 2 is 1.70 bits per heavy atom. The van der Waals surface area contributed by atoms with Gasteiger partial charge < -0.3 is 20.2 Å². The molecule has 1 aromatic carbocycles. The minimum absolute atomic E-state index is 0.0134. The zero-order valence-electron chi connectivity index (χ0n) is 22.8. The van der Waals surface area contributed by atoms with Crippen LogP contribution in [0, 0.1) is 0 Å². The molecule has 1 spiro atoms. The molecule has 3 aliphatic rings. The van der Waals surface area contributed by atoms with Crippen LogP contribution in [0.5, 0.6) is 0 Å². The van der Waals surface area contributed by atoms with Crippen LogP contribution in [0.2, 0.25) is 0 Å². The fourth-order valence-corrected chi connectivity index (χ4v) is 6.30. The summed E-state index contributed by atoms with van der Waals surface area (Å²) in [5, 5.41) is 14.1. The minimum Gasteiger partial charge on any atom is -0.390 e. The minimum atomic E-state index is -0.858. The van der Waals surface area contributed by atoms with E-state index < -0.39 is 17.2 Å². The van der Waals surface area contributed by atoms with Gasteiger partial charge in [-0.1, -0.05) is 44.7 Å². The number of likely N-dealkylation sites (tertiary alicyclic amines) is 1. The number of benzene rings is 1. The molecule has 2 heterocycles. The molecular formula is C29H44N4O4. The van der Waals surface area contributed by atoms with E-state index in [0.717, 1.165) is 57.3 Å². The van der Waals surface area contributed by atoms with E-state index in [2.05, 4.69) is 17.1 Å². The molecule has 0 unspecified atom stereocenters. The molecule has 2 aliphatic heterocycles. The van der Waals surface area contributed by atoms with Crippen LogP contribution in [0.15, 0.2) is 24.3 Å². The van der Waals surface area contributed by atoms with E-state index in [1.807, 2.05) is 29.2 Å². The zero-order chi connectivity index (χ0) is 26.6. The first kappa shape index (κ1) is 27.6. The van der Waals surface area contributed by atoms with Crippen LogP contribution in [-0.2, 0) is 16.1 Å². The third-order valence-electron chi connectivity index (χ3n) is 8.61. The van der Waals surface area contributed by atoms with Crippen molar-refractivity contribution in [2.75, 3.05) is 33.7 Å². The van der Waals surface area contributed by atoms with Gasteiger partial charge in [-0.05, 0) is 49.8 Å². The summed E-state index contributed by atoms with van der Waals surface area (Å²) < 4.78 is 0. The average Bonchev–Trinajstić information content (AvgIpc) is 2.89. The number of carbonyl (C=O) groups excluding carboxylic acids is 3. The number of piperidine rings is 1. The monoisotopic (exact) mass is 512 g/mol. The summed E-state index contributed by atoms with van der Waals surface area (Å²) in [6.45, 7) is 4.86. The quantitative estimate of drug-likeness (QED) is 0.559. The van der Waals surface area contributed by atoms with Crippen molar-refractivity contribution in [2.24, 2.45) is 0 Å². The number of rotatable bonds is 8. The van der Waals surface area contributed by atoms with E-state index in [4.69, 9.17) is 0 Å². The van der Waals surface area contributed by atoms with Gasteiger partial charge >= 0.3 is 0 Å². The van der Waals surface area contributed by atoms with Crippen LogP contribution in [0.4, 0.5) is 0 Å². The summed E-state index contributed by atoms with van der Waals surface area (Å²) in [7, 11) is 3.49. The molecule has 1 aromatic rings. The first-order valence-corrected chi connectivity index (χ1v) is 14.1. The summed E-state index contributed by atoms with van der Waals surface area (Å²) in [4.78, 5) is 45.3. The summed E-state index contributed by atoms with van der Waals surface area (Å²) in [5.74, 6) is -0.0963. The second-order valence-corrected chi connectivity index (χ2v) is 11.6. The highest BCUT2D eigenvalue weighted by molar-refractivity contribution is 6.00. The zero-order valence-corrected chi connectivity index (χ0v) is 22.8. The first-order valence-electron chi connectivity index (χ1n) is 14.1. The van der Waals surface area contributed by atoms with Gasteiger partial charge in [-0.3, -0.25) is 19.3 Å². The van der Waals surface area contributed by atoms with Crippen LogP contribution in [0.3, 0.4) is 0 Å². The van der Waals surface area contributed by atoms with Crippen LogP contribution in [0.1, 0.15) is 87.1 Å². The molecule has 2 N–H and O–H groups in total. The molecule has 0 bridgehead atoms. The normalized spacial score (nSPS) is 23.7. The molecule has 2 saturated heterocycles. The summed E-state index contributed by atoms with van der Waals surface area (Å²) in [6, 6.07) is 7.07. The van der Waals surface area contributed by atoms with Gasteiger partial charge in [0, 0.05) is 52.3 Å². The number of carbonyl (C=O) groups is 3. The number of hydrogen-bond donors (Lipinski definition) is 2. The van der Waals surface area contributed by atoms with Gasteiger partial charge in [0.1, 0.15) is 11.6 Å². The Labute approximate surface area is 221 Å². The highest BCUT2D eigenvalue weighted by Gasteiger charge is 2.54. The number of aliphatic hydroxyl groups is 1. The highest BCUT2D eigenvalue weighted by atomic mass is 16.3. The summed E-state index contributed by atoms with van der Waals surface area (Å²) in [5.41, 5.74) is 0.126. The molecule has 8 nitrogen and oxygen atoms in total. The molecule has 1 aliphatic carbocycles.